The number of H-pyrrole nitrogens is 1. The molecule has 6 heteroatoms. The molecule has 0 saturated carbocycles. The van der Waals surface area contributed by atoms with Gasteiger partial charge in [0.25, 0.3) is 0 Å². The second-order valence-corrected chi connectivity index (χ2v) is 5.88. The number of nitrogens with two attached hydrogens (primary N) is 1. The monoisotopic (exact) mass is 296 g/mol. The van der Waals surface area contributed by atoms with Gasteiger partial charge in [0.1, 0.15) is 5.82 Å². The zero-order valence-corrected chi connectivity index (χ0v) is 12.6. The largest absolute Gasteiger partial charge is 0.327 e. The molecule has 1 unspecified atom stereocenters. The Hall–Kier alpha value is -1.04. The molecule has 0 amide bonds. The minimum Gasteiger partial charge on any atom is -0.327 e. The summed E-state index contributed by atoms with van der Waals surface area (Å²) in [5, 5.41) is 8.42. The van der Waals surface area contributed by atoms with E-state index in [4.69, 9.17) is 17.3 Å². The lowest BCUT2D eigenvalue weighted by atomic mass is 10.0. The predicted molar refractivity (Wildman–Crippen MR) is 78.7 cm³/mol. The lowest BCUT2D eigenvalue weighted by Crippen LogP contribution is -2.21. The van der Waals surface area contributed by atoms with Crippen LogP contribution in [0.15, 0.2) is 28.3 Å². The molecule has 0 bridgehead atoms. The van der Waals surface area contributed by atoms with Gasteiger partial charge in [-0.15, -0.1) is 5.10 Å². The van der Waals surface area contributed by atoms with Gasteiger partial charge in [-0.25, -0.2) is 4.98 Å². The summed E-state index contributed by atoms with van der Waals surface area (Å²) in [5.74, 6) is 0.809. The van der Waals surface area contributed by atoms with Gasteiger partial charge in [-0.2, -0.15) is 0 Å². The zero-order valence-electron chi connectivity index (χ0n) is 11.0. The van der Waals surface area contributed by atoms with Gasteiger partial charge < -0.3 is 5.73 Å². The fourth-order valence-electron chi connectivity index (χ4n) is 1.70. The Kier molecular flexibility index (Phi) is 4.85. The van der Waals surface area contributed by atoms with Gasteiger partial charge in [-0.05, 0) is 55.3 Å². The number of aryl methyl sites for hydroxylation is 1. The van der Waals surface area contributed by atoms with Crippen molar-refractivity contribution in [3.05, 3.63) is 34.6 Å². The maximum Gasteiger partial charge on any atom is 0.213 e. The normalized spacial score (nSPS) is 12.6. The molecule has 0 radical (unpaired) electrons. The van der Waals surface area contributed by atoms with Crippen molar-refractivity contribution >= 4 is 23.4 Å². The molecule has 1 heterocycles. The van der Waals surface area contributed by atoms with Crippen molar-refractivity contribution in [1.29, 1.82) is 0 Å². The summed E-state index contributed by atoms with van der Waals surface area (Å²) in [4.78, 5) is 5.40. The Balaban J connectivity index is 2.23. The lowest BCUT2D eigenvalue weighted by molar-refractivity contribution is 0.641. The van der Waals surface area contributed by atoms with Crippen LogP contribution in [0.2, 0.25) is 5.02 Å². The van der Waals surface area contributed by atoms with E-state index in [0.29, 0.717) is 5.16 Å². The maximum atomic E-state index is 6.06. The number of nitrogens with one attached hydrogen (secondary N) is 1. The highest BCUT2D eigenvalue weighted by Gasteiger charge is 2.11. The van der Waals surface area contributed by atoms with Crippen LogP contribution in [0.4, 0.5) is 0 Å². The predicted octanol–water partition coefficient (Wildman–Crippen LogP) is 3.20. The molecule has 2 rings (SSSR count). The van der Waals surface area contributed by atoms with Crippen LogP contribution in [0.5, 0.6) is 0 Å². The average molecular weight is 297 g/mol. The minimum atomic E-state index is 0.145. The zero-order chi connectivity index (χ0) is 13.8. The summed E-state index contributed by atoms with van der Waals surface area (Å²) >= 11 is 7.59. The first-order valence-corrected chi connectivity index (χ1v) is 7.38. The van der Waals surface area contributed by atoms with E-state index in [-0.39, 0.29) is 6.04 Å². The second kappa shape index (κ2) is 6.41. The third kappa shape index (κ3) is 3.96. The summed E-state index contributed by atoms with van der Waals surface area (Å²) in [7, 11) is 0. The molecular weight excluding hydrogens is 280 g/mol. The van der Waals surface area contributed by atoms with Gasteiger partial charge in [-0.3, -0.25) is 5.10 Å². The third-order valence-electron chi connectivity index (χ3n) is 2.81. The van der Waals surface area contributed by atoms with Crippen LogP contribution in [-0.2, 0) is 6.42 Å². The van der Waals surface area contributed by atoms with Gasteiger partial charge in [-0.1, -0.05) is 18.5 Å². The summed E-state index contributed by atoms with van der Waals surface area (Å²) in [6.45, 7) is 3.97. The molecule has 102 valence electrons. The van der Waals surface area contributed by atoms with Crippen LogP contribution in [0.1, 0.15) is 24.7 Å². The van der Waals surface area contributed by atoms with Gasteiger partial charge in [0.05, 0.1) is 0 Å². The Morgan fingerprint density at radius 3 is 2.89 bits per heavy atom. The van der Waals surface area contributed by atoms with Crippen molar-refractivity contribution in [3.8, 4) is 0 Å². The van der Waals surface area contributed by atoms with Crippen LogP contribution in [-0.4, -0.2) is 21.2 Å². The van der Waals surface area contributed by atoms with Crippen LogP contribution >= 0.6 is 23.4 Å². The van der Waals surface area contributed by atoms with Crippen LogP contribution in [0, 0.1) is 6.92 Å². The van der Waals surface area contributed by atoms with Gasteiger partial charge in [0, 0.05) is 16.0 Å². The van der Waals surface area contributed by atoms with Crippen molar-refractivity contribution in [1.82, 2.24) is 15.2 Å². The highest BCUT2D eigenvalue weighted by molar-refractivity contribution is 7.99. The van der Waals surface area contributed by atoms with E-state index in [1.54, 1.807) is 0 Å². The summed E-state index contributed by atoms with van der Waals surface area (Å²) in [6.07, 6.45) is 1.75. The van der Waals surface area contributed by atoms with E-state index in [9.17, 15) is 0 Å². The number of aromatic nitrogens is 3. The Labute approximate surface area is 122 Å². The number of hydrogen-bond acceptors (Lipinski definition) is 4. The highest BCUT2D eigenvalue weighted by Crippen LogP contribution is 2.30. The number of halogens is 1. The first-order chi connectivity index (χ1) is 9.08. The molecule has 2 aromatic rings. The van der Waals surface area contributed by atoms with Crippen molar-refractivity contribution in [2.45, 2.75) is 42.8 Å². The van der Waals surface area contributed by atoms with Crippen LogP contribution in [0.3, 0.4) is 0 Å². The molecule has 0 fully saturated rings. The van der Waals surface area contributed by atoms with Crippen molar-refractivity contribution < 1.29 is 0 Å². The summed E-state index contributed by atoms with van der Waals surface area (Å²) in [5.41, 5.74) is 7.18. The van der Waals surface area contributed by atoms with Crippen molar-refractivity contribution in [2.24, 2.45) is 5.73 Å². The lowest BCUT2D eigenvalue weighted by Gasteiger charge is -2.12. The number of rotatable bonds is 5. The molecule has 0 spiro atoms. The van der Waals surface area contributed by atoms with Gasteiger partial charge in [0.15, 0.2) is 0 Å². The summed E-state index contributed by atoms with van der Waals surface area (Å²) in [6, 6.07) is 5.99. The van der Waals surface area contributed by atoms with E-state index < -0.39 is 0 Å². The number of hydrogen-bond donors (Lipinski definition) is 2. The molecule has 1 aromatic heterocycles. The van der Waals surface area contributed by atoms with E-state index in [1.807, 2.05) is 25.1 Å². The van der Waals surface area contributed by atoms with E-state index in [1.165, 1.54) is 11.8 Å². The number of aromatic amines is 1. The van der Waals surface area contributed by atoms with E-state index in [0.717, 1.165) is 34.1 Å². The number of benzene rings is 1. The Bertz CT molecular complexity index is 555. The van der Waals surface area contributed by atoms with Crippen molar-refractivity contribution in [3.63, 3.8) is 0 Å². The average Bonchev–Trinajstić information content (AvgIpc) is 2.78. The molecule has 3 N–H and O–H groups in total. The fourth-order valence-corrected chi connectivity index (χ4v) is 2.77. The van der Waals surface area contributed by atoms with Gasteiger partial charge in [0.2, 0.25) is 5.16 Å². The molecule has 1 aromatic carbocycles. The molecule has 19 heavy (non-hydrogen) atoms. The highest BCUT2D eigenvalue weighted by atomic mass is 35.5. The first kappa shape index (κ1) is 14.4. The quantitative estimate of drug-likeness (QED) is 0.889. The Morgan fingerprint density at radius 1 is 1.47 bits per heavy atom. The van der Waals surface area contributed by atoms with Crippen molar-refractivity contribution in [2.75, 3.05) is 0 Å². The topological polar surface area (TPSA) is 67.6 Å². The second-order valence-electron chi connectivity index (χ2n) is 4.43. The molecule has 0 aliphatic carbocycles. The first-order valence-electron chi connectivity index (χ1n) is 6.19. The molecule has 0 saturated heterocycles. The van der Waals surface area contributed by atoms with Gasteiger partial charge >= 0.3 is 0 Å². The SMILES string of the molecule is CCC(N)Cc1cc(Cl)ccc1Sc1n[nH]c(C)n1. The Morgan fingerprint density at radius 2 is 2.26 bits per heavy atom. The minimum absolute atomic E-state index is 0.145. The standard InChI is InChI=1S/C13H17ClN4S/c1-3-11(15)7-9-6-10(14)4-5-12(9)19-13-16-8(2)17-18-13/h4-6,11H,3,7,15H2,1-2H3,(H,16,17,18). The van der Waals surface area contributed by atoms with Crippen LogP contribution < -0.4 is 5.73 Å². The number of nitrogens with zero attached hydrogens (tertiary/aromatic N) is 2. The molecule has 0 aliphatic rings. The van der Waals surface area contributed by atoms with Crippen LogP contribution in [0.25, 0.3) is 0 Å². The fraction of sp³-hybridized carbons (Fsp3) is 0.385. The molecule has 4 nitrogen and oxygen atoms in total. The third-order valence-corrected chi connectivity index (χ3v) is 4.03. The molecule has 0 aliphatic heterocycles. The van der Waals surface area contributed by atoms with E-state index >= 15 is 0 Å². The maximum absolute atomic E-state index is 6.06. The van der Waals surface area contributed by atoms with E-state index in [2.05, 4.69) is 22.1 Å². The smallest absolute Gasteiger partial charge is 0.213 e. The summed E-state index contributed by atoms with van der Waals surface area (Å²) < 4.78 is 0. The molecular formula is C13H17ClN4S. The molecule has 1 atom stereocenters.